The Morgan fingerprint density at radius 3 is 2.90 bits per heavy atom. The Kier molecular flexibility index (Phi) is 2.93. The molecule has 0 aliphatic heterocycles. The summed E-state index contributed by atoms with van der Waals surface area (Å²) in [6.45, 7) is 0. The van der Waals surface area contributed by atoms with Gasteiger partial charge in [0.1, 0.15) is 0 Å². The first-order chi connectivity index (χ1) is 9.58. The number of rotatable bonds is 2. The van der Waals surface area contributed by atoms with E-state index in [4.69, 9.17) is 5.73 Å². The Labute approximate surface area is 116 Å². The highest BCUT2D eigenvalue weighted by molar-refractivity contribution is 6.00. The quantitative estimate of drug-likeness (QED) is 0.899. The van der Waals surface area contributed by atoms with Crippen molar-refractivity contribution in [3.8, 4) is 0 Å². The molecule has 3 rings (SSSR count). The summed E-state index contributed by atoms with van der Waals surface area (Å²) >= 11 is 0. The monoisotopic (exact) mass is 271 g/mol. The first kappa shape index (κ1) is 12.7. The lowest BCUT2D eigenvalue weighted by molar-refractivity contribution is 0.0827. The van der Waals surface area contributed by atoms with Gasteiger partial charge in [-0.05, 0) is 30.9 Å². The average molecular weight is 271 g/mol. The molecule has 0 fully saturated rings. The molecular formula is C14H17N5O. The van der Waals surface area contributed by atoms with Gasteiger partial charge in [-0.3, -0.25) is 4.79 Å². The summed E-state index contributed by atoms with van der Waals surface area (Å²) in [7, 11) is 3.50. The largest absolute Gasteiger partial charge is 0.367 e. The van der Waals surface area contributed by atoms with Crippen molar-refractivity contribution < 1.29 is 4.79 Å². The van der Waals surface area contributed by atoms with Gasteiger partial charge in [0.15, 0.2) is 0 Å². The van der Waals surface area contributed by atoms with E-state index in [1.54, 1.807) is 29.7 Å². The van der Waals surface area contributed by atoms with Crippen molar-refractivity contribution in [1.82, 2.24) is 19.5 Å². The zero-order valence-electron chi connectivity index (χ0n) is 11.6. The maximum Gasteiger partial charge on any atom is 0.255 e. The maximum absolute atomic E-state index is 12.4. The summed E-state index contributed by atoms with van der Waals surface area (Å²) in [4.78, 5) is 18.0. The Hall–Kier alpha value is -2.37. The van der Waals surface area contributed by atoms with E-state index in [2.05, 4.69) is 16.2 Å². The lowest BCUT2D eigenvalue weighted by Gasteiger charge is -2.11. The molecule has 2 heterocycles. The molecule has 2 aromatic heterocycles. The zero-order valence-corrected chi connectivity index (χ0v) is 11.6. The van der Waals surface area contributed by atoms with E-state index in [0.717, 1.165) is 36.0 Å². The van der Waals surface area contributed by atoms with E-state index >= 15 is 0 Å². The number of hydrogen-bond acceptors (Lipinski definition) is 4. The molecule has 1 aliphatic carbocycles. The molecule has 6 nitrogen and oxygen atoms in total. The molecule has 20 heavy (non-hydrogen) atoms. The minimum Gasteiger partial charge on any atom is -0.367 e. The number of nitrogens with two attached hydrogens (primary N) is 1. The number of anilines is 1. The third-order valence-corrected chi connectivity index (χ3v) is 3.52. The van der Waals surface area contributed by atoms with Crippen LogP contribution in [0.4, 0.5) is 5.95 Å². The zero-order chi connectivity index (χ0) is 14.3. The van der Waals surface area contributed by atoms with Gasteiger partial charge in [-0.2, -0.15) is 0 Å². The van der Waals surface area contributed by atoms with Gasteiger partial charge in [0.05, 0.1) is 23.0 Å². The normalized spacial score (nSPS) is 14.6. The average Bonchev–Trinajstić information content (AvgIpc) is 3.03. The van der Waals surface area contributed by atoms with Crippen molar-refractivity contribution >= 4 is 22.9 Å². The molecule has 0 atom stereocenters. The highest BCUT2D eigenvalue weighted by Gasteiger charge is 2.23. The molecule has 0 bridgehead atoms. The highest BCUT2D eigenvalue weighted by Crippen LogP contribution is 2.32. The lowest BCUT2D eigenvalue weighted by atomic mass is 10.1. The van der Waals surface area contributed by atoms with Gasteiger partial charge in [-0.15, -0.1) is 5.10 Å². The van der Waals surface area contributed by atoms with Gasteiger partial charge in [-0.25, -0.2) is 9.50 Å². The van der Waals surface area contributed by atoms with Crippen molar-refractivity contribution in [3.05, 3.63) is 29.6 Å². The number of nitrogen functional groups attached to an aromatic ring is 1. The number of carbonyl (C=O) groups excluding carboxylic acids is 1. The molecule has 1 aliphatic rings. The van der Waals surface area contributed by atoms with Crippen LogP contribution in [0.3, 0.4) is 0 Å². The molecule has 0 saturated carbocycles. The smallest absolute Gasteiger partial charge is 0.255 e. The van der Waals surface area contributed by atoms with Gasteiger partial charge < -0.3 is 10.6 Å². The van der Waals surface area contributed by atoms with Crippen LogP contribution < -0.4 is 5.73 Å². The Morgan fingerprint density at radius 2 is 2.25 bits per heavy atom. The second kappa shape index (κ2) is 4.63. The number of allylic oxidation sites excluding steroid dienone is 2. The predicted molar refractivity (Wildman–Crippen MR) is 77.2 cm³/mol. The van der Waals surface area contributed by atoms with E-state index in [1.807, 2.05) is 6.07 Å². The third-order valence-electron chi connectivity index (χ3n) is 3.52. The van der Waals surface area contributed by atoms with Crippen molar-refractivity contribution in [3.63, 3.8) is 0 Å². The van der Waals surface area contributed by atoms with Gasteiger partial charge in [-0.1, -0.05) is 6.08 Å². The molecule has 0 saturated heterocycles. The summed E-state index contributed by atoms with van der Waals surface area (Å²) in [6, 6.07) is 1.83. The molecule has 0 unspecified atom stereocenters. The predicted octanol–water partition coefficient (Wildman–Crippen LogP) is 1.58. The first-order valence-electron chi connectivity index (χ1n) is 6.63. The third kappa shape index (κ3) is 1.93. The summed E-state index contributed by atoms with van der Waals surface area (Å²) in [5, 5.41) is 4.25. The fourth-order valence-electron chi connectivity index (χ4n) is 2.58. The van der Waals surface area contributed by atoms with E-state index in [1.165, 1.54) is 0 Å². The maximum atomic E-state index is 12.4. The second-order valence-electron chi connectivity index (χ2n) is 5.18. The van der Waals surface area contributed by atoms with Crippen LogP contribution in [-0.2, 0) is 0 Å². The molecular weight excluding hydrogens is 254 g/mol. The van der Waals surface area contributed by atoms with Crippen molar-refractivity contribution in [2.24, 2.45) is 0 Å². The molecule has 2 aromatic rings. The molecule has 2 N–H and O–H groups in total. The van der Waals surface area contributed by atoms with Gasteiger partial charge >= 0.3 is 0 Å². The molecule has 104 valence electrons. The van der Waals surface area contributed by atoms with Crippen LogP contribution in [0.1, 0.15) is 35.3 Å². The summed E-state index contributed by atoms with van der Waals surface area (Å²) < 4.78 is 1.73. The van der Waals surface area contributed by atoms with Crippen LogP contribution in [0.2, 0.25) is 0 Å². The number of hydrogen-bond donors (Lipinski definition) is 1. The minimum absolute atomic E-state index is 0.0307. The van der Waals surface area contributed by atoms with Crippen LogP contribution in [0.25, 0.3) is 11.1 Å². The standard InChI is InChI=1S/C14H17N5O/c1-18(2)13(20)11-7-10-8-16-14(15)17-19(10)12(11)9-5-3-4-6-9/h5,7-8H,3-4,6H2,1-2H3,(H2,15,17). The summed E-state index contributed by atoms with van der Waals surface area (Å²) in [5.41, 5.74) is 9.13. The van der Waals surface area contributed by atoms with E-state index in [-0.39, 0.29) is 11.9 Å². The van der Waals surface area contributed by atoms with Crippen molar-refractivity contribution in [1.29, 1.82) is 0 Å². The van der Waals surface area contributed by atoms with Crippen LogP contribution in [0, 0.1) is 0 Å². The van der Waals surface area contributed by atoms with Crippen LogP contribution in [-0.4, -0.2) is 39.5 Å². The molecule has 1 amide bonds. The molecule has 0 aromatic carbocycles. The number of nitrogens with zero attached hydrogens (tertiary/aromatic N) is 4. The number of aromatic nitrogens is 3. The van der Waals surface area contributed by atoms with Gasteiger partial charge in [0, 0.05) is 14.1 Å². The Bertz CT molecular complexity index is 714. The Balaban J connectivity index is 2.28. The van der Waals surface area contributed by atoms with Crippen molar-refractivity contribution in [2.45, 2.75) is 19.3 Å². The van der Waals surface area contributed by atoms with Crippen molar-refractivity contribution in [2.75, 3.05) is 19.8 Å². The molecule has 0 radical (unpaired) electrons. The minimum atomic E-state index is -0.0307. The first-order valence-corrected chi connectivity index (χ1v) is 6.63. The topological polar surface area (TPSA) is 76.5 Å². The van der Waals surface area contributed by atoms with E-state index in [0.29, 0.717) is 5.56 Å². The van der Waals surface area contributed by atoms with E-state index < -0.39 is 0 Å². The fourth-order valence-corrected chi connectivity index (χ4v) is 2.58. The number of carbonyl (C=O) groups is 1. The second-order valence-corrected chi connectivity index (χ2v) is 5.18. The summed E-state index contributed by atoms with van der Waals surface area (Å²) in [6.07, 6.45) is 6.93. The van der Waals surface area contributed by atoms with E-state index in [9.17, 15) is 4.79 Å². The van der Waals surface area contributed by atoms with Crippen LogP contribution in [0.5, 0.6) is 0 Å². The lowest BCUT2D eigenvalue weighted by Crippen LogP contribution is -2.22. The molecule has 6 heteroatoms. The fraction of sp³-hybridized carbons (Fsp3) is 0.357. The van der Waals surface area contributed by atoms with Gasteiger partial charge in [0.2, 0.25) is 5.95 Å². The number of amides is 1. The summed E-state index contributed by atoms with van der Waals surface area (Å²) in [5.74, 6) is 0.175. The van der Waals surface area contributed by atoms with Crippen LogP contribution in [0.15, 0.2) is 18.3 Å². The SMILES string of the molecule is CN(C)C(=O)c1cc2cnc(N)nn2c1C1=CCCC1. The van der Waals surface area contributed by atoms with Gasteiger partial charge in [0.25, 0.3) is 5.91 Å². The molecule has 0 spiro atoms. The number of fused-ring (bicyclic) bond motifs is 1. The highest BCUT2D eigenvalue weighted by atomic mass is 16.2. The Morgan fingerprint density at radius 1 is 1.45 bits per heavy atom. The van der Waals surface area contributed by atoms with Crippen LogP contribution >= 0.6 is 0 Å².